The van der Waals surface area contributed by atoms with Crippen LogP contribution in [-0.4, -0.2) is 50.5 Å². The van der Waals surface area contributed by atoms with Crippen LogP contribution in [0.4, 0.5) is 0 Å². The Labute approximate surface area is 164 Å². The molecule has 0 spiro atoms. The number of rotatable bonds is 10. The molecule has 2 N–H and O–H groups in total. The number of esters is 1. The van der Waals surface area contributed by atoms with E-state index < -0.39 is 5.97 Å². The highest BCUT2D eigenvalue weighted by atomic mass is 16.6. The summed E-state index contributed by atoms with van der Waals surface area (Å²) < 4.78 is 15.1. The number of methoxy groups -OCH3 is 2. The lowest BCUT2D eigenvalue weighted by Crippen LogP contribution is -2.37. The van der Waals surface area contributed by atoms with Crippen molar-refractivity contribution in [2.75, 3.05) is 27.4 Å². The Bertz CT molecular complexity index is 778. The summed E-state index contributed by atoms with van der Waals surface area (Å²) in [6.45, 7) is -0.282. The van der Waals surface area contributed by atoms with Crippen LogP contribution in [0.2, 0.25) is 0 Å². The number of amides is 1. The van der Waals surface area contributed by atoms with Crippen LogP contribution in [0.5, 0.6) is 11.5 Å². The van der Waals surface area contributed by atoms with Gasteiger partial charge in [0.1, 0.15) is 0 Å². The fraction of sp³-hybridized carbons (Fsp3) is 0.333. The minimum absolute atomic E-state index is 0.0264. The maximum Gasteiger partial charge on any atom is 0.343 e. The van der Waals surface area contributed by atoms with Gasteiger partial charge in [-0.3, -0.25) is 4.79 Å². The van der Waals surface area contributed by atoms with E-state index in [4.69, 9.17) is 9.47 Å². The quantitative estimate of drug-likeness (QED) is 0.606. The molecule has 1 amide bonds. The lowest BCUT2D eigenvalue weighted by molar-refractivity contribution is -0.142. The Morgan fingerprint density at radius 1 is 1.07 bits per heavy atom. The van der Waals surface area contributed by atoms with E-state index in [0.29, 0.717) is 29.9 Å². The molecule has 0 aliphatic carbocycles. The van der Waals surface area contributed by atoms with Gasteiger partial charge < -0.3 is 24.6 Å². The van der Waals surface area contributed by atoms with E-state index >= 15 is 0 Å². The molecule has 0 radical (unpaired) electrons. The Balaban J connectivity index is 2.07. The molecule has 0 heterocycles. The van der Waals surface area contributed by atoms with Crippen LogP contribution in [0.15, 0.2) is 48.5 Å². The summed E-state index contributed by atoms with van der Waals surface area (Å²) in [5, 5.41) is 12.3. The van der Waals surface area contributed by atoms with Crippen LogP contribution >= 0.6 is 0 Å². The molecule has 7 heteroatoms. The summed E-state index contributed by atoms with van der Waals surface area (Å²) in [6.07, 6.45) is 1.06. The number of benzene rings is 2. The molecule has 7 nitrogen and oxygen atoms in total. The summed E-state index contributed by atoms with van der Waals surface area (Å²) in [6, 6.07) is 14.2. The summed E-state index contributed by atoms with van der Waals surface area (Å²) in [4.78, 5) is 23.9. The lowest BCUT2D eigenvalue weighted by atomic mass is 10.0. The lowest BCUT2D eigenvalue weighted by Gasteiger charge is -2.18. The summed E-state index contributed by atoms with van der Waals surface area (Å²) in [5.41, 5.74) is 1.46. The van der Waals surface area contributed by atoms with E-state index in [1.807, 2.05) is 30.3 Å². The fourth-order valence-electron chi connectivity index (χ4n) is 2.67. The molecule has 0 saturated heterocycles. The largest absolute Gasteiger partial charge is 0.493 e. The van der Waals surface area contributed by atoms with E-state index in [-0.39, 0.29) is 25.2 Å². The standard InChI is InChI=1S/C21H25NO6/c1-26-19-13-16(8-9-18(19)28-14-20(24)27-2)21(25)22-17(10-11-23)12-15-6-4-3-5-7-15/h3-9,13,17,23H,10-12,14H2,1-2H3,(H,22,25). The SMILES string of the molecule is COC(=O)COc1ccc(C(=O)NC(CCO)Cc2ccccc2)cc1OC. The molecule has 2 rings (SSSR count). The molecular formula is C21H25NO6. The van der Waals surface area contributed by atoms with E-state index in [1.54, 1.807) is 18.2 Å². The van der Waals surface area contributed by atoms with Crippen molar-refractivity contribution in [2.24, 2.45) is 0 Å². The maximum absolute atomic E-state index is 12.6. The highest BCUT2D eigenvalue weighted by Gasteiger charge is 2.17. The molecule has 0 fully saturated rings. The van der Waals surface area contributed by atoms with Gasteiger partial charge in [-0.2, -0.15) is 0 Å². The van der Waals surface area contributed by atoms with Crippen molar-refractivity contribution >= 4 is 11.9 Å². The van der Waals surface area contributed by atoms with E-state index in [2.05, 4.69) is 10.1 Å². The zero-order valence-electron chi connectivity index (χ0n) is 16.0. The Morgan fingerprint density at radius 3 is 2.46 bits per heavy atom. The Kier molecular flexibility index (Phi) is 8.30. The highest BCUT2D eigenvalue weighted by molar-refractivity contribution is 5.95. The molecule has 2 aromatic rings. The third-order valence-corrected chi connectivity index (χ3v) is 4.14. The Morgan fingerprint density at radius 2 is 1.82 bits per heavy atom. The minimum Gasteiger partial charge on any atom is -0.493 e. The van der Waals surface area contributed by atoms with Gasteiger partial charge in [-0.1, -0.05) is 30.3 Å². The molecule has 1 unspecified atom stereocenters. The smallest absolute Gasteiger partial charge is 0.343 e. The monoisotopic (exact) mass is 387 g/mol. The minimum atomic E-state index is -0.517. The van der Waals surface area contributed by atoms with Gasteiger partial charge in [-0.05, 0) is 36.6 Å². The van der Waals surface area contributed by atoms with Crippen molar-refractivity contribution in [3.63, 3.8) is 0 Å². The number of aliphatic hydroxyl groups excluding tert-OH is 1. The first-order chi connectivity index (χ1) is 13.6. The van der Waals surface area contributed by atoms with Gasteiger partial charge in [-0.25, -0.2) is 4.79 Å². The molecule has 28 heavy (non-hydrogen) atoms. The van der Waals surface area contributed by atoms with Crippen molar-refractivity contribution in [2.45, 2.75) is 18.9 Å². The van der Waals surface area contributed by atoms with Crippen LogP contribution in [0.3, 0.4) is 0 Å². The van der Waals surface area contributed by atoms with E-state index in [1.165, 1.54) is 14.2 Å². The second-order valence-corrected chi connectivity index (χ2v) is 6.10. The average Bonchev–Trinajstić information content (AvgIpc) is 2.72. The number of carbonyl (C=O) groups is 2. The first-order valence-corrected chi connectivity index (χ1v) is 8.90. The second-order valence-electron chi connectivity index (χ2n) is 6.10. The van der Waals surface area contributed by atoms with Crippen LogP contribution < -0.4 is 14.8 Å². The number of hydrogen-bond acceptors (Lipinski definition) is 6. The fourth-order valence-corrected chi connectivity index (χ4v) is 2.67. The van der Waals surface area contributed by atoms with Crippen LogP contribution in [0, 0.1) is 0 Å². The zero-order chi connectivity index (χ0) is 20.4. The third-order valence-electron chi connectivity index (χ3n) is 4.14. The molecule has 0 aliphatic heterocycles. The van der Waals surface area contributed by atoms with Gasteiger partial charge in [0.15, 0.2) is 18.1 Å². The van der Waals surface area contributed by atoms with Crippen molar-refractivity contribution in [3.8, 4) is 11.5 Å². The van der Waals surface area contributed by atoms with Crippen molar-refractivity contribution in [1.29, 1.82) is 0 Å². The first kappa shape index (κ1) is 21.2. The van der Waals surface area contributed by atoms with Crippen molar-refractivity contribution in [3.05, 3.63) is 59.7 Å². The third kappa shape index (κ3) is 6.28. The topological polar surface area (TPSA) is 94.1 Å². The van der Waals surface area contributed by atoms with Crippen LogP contribution in [0.1, 0.15) is 22.3 Å². The predicted octanol–water partition coefficient (Wildman–Crippen LogP) is 1.97. The number of ether oxygens (including phenoxy) is 3. The van der Waals surface area contributed by atoms with Crippen molar-refractivity contribution in [1.82, 2.24) is 5.32 Å². The van der Waals surface area contributed by atoms with Gasteiger partial charge in [-0.15, -0.1) is 0 Å². The number of nitrogens with one attached hydrogen (secondary N) is 1. The first-order valence-electron chi connectivity index (χ1n) is 8.90. The Hall–Kier alpha value is -3.06. The van der Waals surface area contributed by atoms with Gasteiger partial charge >= 0.3 is 5.97 Å². The molecule has 0 saturated carbocycles. The van der Waals surface area contributed by atoms with Gasteiger partial charge in [0.25, 0.3) is 5.91 Å². The normalized spacial score (nSPS) is 11.4. The summed E-state index contributed by atoms with van der Waals surface area (Å²) in [7, 11) is 2.72. The zero-order valence-corrected chi connectivity index (χ0v) is 16.0. The number of hydrogen-bond donors (Lipinski definition) is 2. The number of aliphatic hydroxyl groups is 1. The molecule has 2 aromatic carbocycles. The predicted molar refractivity (Wildman–Crippen MR) is 104 cm³/mol. The number of carbonyl (C=O) groups excluding carboxylic acids is 2. The average molecular weight is 387 g/mol. The summed E-state index contributed by atoms with van der Waals surface area (Å²) >= 11 is 0. The van der Waals surface area contributed by atoms with Gasteiger partial charge in [0, 0.05) is 18.2 Å². The molecule has 150 valence electrons. The molecule has 0 bridgehead atoms. The highest BCUT2D eigenvalue weighted by Crippen LogP contribution is 2.28. The second kappa shape index (κ2) is 10.9. The van der Waals surface area contributed by atoms with E-state index in [9.17, 15) is 14.7 Å². The summed E-state index contributed by atoms with van der Waals surface area (Å²) in [5.74, 6) is -0.136. The van der Waals surface area contributed by atoms with Crippen molar-refractivity contribution < 1.29 is 28.9 Å². The van der Waals surface area contributed by atoms with Crippen LogP contribution in [-0.2, 0) is 16.0 Å². The maximum atomic E-state index is 12.6. The van der Waals surface area contributed by atoms with Gasteiger partial charge in [0.05, 0.1) is 14.2 Å². The molecule has 0 aromatic heterocycles. The molecule has 1 atom stereocenters. The van der Waals surface area contributed by atoms with Crippen LogP contribution in [0.25, 0.3) is 0 Å². The van der Waals surface area contributed by atoms with E-state index in [0.717, 1.165) is 5.56 Å². The molecule has 0 aliphatic rings. The molecular weight excluding hydrogens is 362 g/mol. The van der Waals surface area contributed by atoms with Gasteiger partial charge in [0.2, 0.25) is 0 Å².